The molecule has 2 amide bonds. The van der Waals surface area contributed by atoms with Crippen LogP contribution < -0.4 is 16.4 Å². The number of ether oxygens (including phenoxy) is 4. The smallest absolute Gasteiger partial charge is 0.306 e. The molecule has 0 aliphatic rings. The molecule has 0 heterocycles. The summed E-state index contributed by atoms with van der Waals surface area (Å²) in [6.45, 7) is 6.29. The van der Waals surface area contributed by atoms with E-state index in [4.69, 9.17) is 29.8 Å². The number of Topliss-reactive ketones (excluding diaryl/α,β-unsaturated/α-hetero) is 5. The van der Waals surface area contributed by atoms with E-state index in [1.165, 1.54) is 51.9 Å². The van der Waals surface area contributed by atoms with Crippen molar-refractivity contribution in [1.82, 2.24) is 10.6 Å². The first-order valence-electron chi connectivity index (χ1n) is 26.1. The van der Waals surface area contributed by atoms with Crippen molar-refractivity contribution in [2.45, 2.75) is 200 Å². The number of amides is 2. The molecule has 18 heteroatoms. The SMILES string of the molecule is CC(=O)CCC(=O)[C@H](CCCCNC(=O)COCCOCCNC(=O)COCCOCCCC(=O)CC[C@H](CC(=O)CCCCCCCCCCCCCCCCC(=O)O)C(=O)O)CC(=O)C(C)(C)N. The highest BCUT2D eigenvalue weighted by Gasteiger charge is 2.28. The number of carbonyl (C=O) groups is 9. The number of aliphatic carboxylic acids is 2. The number of carboxylic acid groups (broad SMARTS) is 2. The van der Waals surface area contributed by atoms with Gasteiger partial charge in [-0.15, -0.1) is 0 Å². The van der Waals surface area contributed by atoms with E-state index in [2.05, 4.69) is 10.6 Å². The van der Waals surface area contributed by atoms with Crippen LogP contribution in [0.5, 0.6) is 0 Å². The zero-order valence-corrected chi connectivity index (χ0v) is 43.1. The third-order valence-corrected chi connectivity index (χ3v) is 11.8. The fourth-order valence-electron chi connectivity index (χ4n) is 7.49. The molecular weight excluding hydrogens is 907 g/mol. The topological polar surface area (TPSA) is 281 Å². The lowest BCUT2D eigenvalue weighted by Gasteiger charge is -2.21. The number of unbranched alkanes of at least 4 members (excludes halogenated alkanes) is 14. The molecule has 0 aliphatic heterocycles. The average Bonchev–Trinajstić information content (AvgIpc) is 3.29. The van der Waals surface area contributed by atoms with Gasteiger partial charge in [0.15, 0.2) is 5.78 Å². The number of carbonyl (C=O) groups excluding carboxylic acids is 7. The van der Waals surface area contributed by atoms with E-state index in [0.717, 1.165) is 44.9 Å². The molecule has 70 heavy (non-hydrogen) atoms. The van der Waals surface area contributed by atoms with Gasteiger partial charge in [-0.05, 0) is 59.3 Å². The van der Waals surface area contributed by atoms with Crippen molar-refractivity contribution < 1.29 is 72.3 Å². The Balaban J connectivity index is 3.80. The first-order chi connectivity index (χ1) is 33.4. The fourth-order valence-corrected chi connectivity index (χ4v) is 7.49. The molecule has 18 nitrogen and oxygen atoms in total. The lowest BCUT2D eigenvalue weighted by Crippen LogP contribution is -2.43. The molecule has 0 aliphatic carbocycles. The molecule has 0 spiro atoms. The monoisotopic (exact) mass is 998 g/mol. The van der Waals surface area contributed by atoms with Crippen molar-refractivity contribution in [1.29, 1.82) is 0 Å². The van der Waals surface area contributed by atoms with Crippen molar-refractivity contribution in [2.24, 2.45) is 17.6 Å². The van der Waals surface area contributed by atoms with Crippen LogP contribution in [0.3, 0.4) is 0 Å². The highest BCUT2D eigenvalue weighted by atomic mass is 16.5. The van der Waals surface area contributed by atoms with Gasteiger partial charge in [-0.25, -0.2) is 0 Å². The van der Waals surface area contributed by atoms with Gasteiger partial charge in [-0.1, -0.05) is 83.5 Å². The minimum Gasteiger partial charge on any atom is -0.481 e. The zero-order chi connectivity index (χ0) is 52.3. The molecule has 0 aromatic heterocycles. The van der Waals surface area contributed by atoms with E-state index >= 15 is 0 Å². The van der Waals surface area contributed by atoms with Crippen LogP contribution in [0.1, 0.15) is 194 Å². The van der Waals surface area contributed by atoms with Gasteiger partial charge >= 0.3 is 11.9 Å². The van der Waals surface area contributed by atoms with Crippen LogP contribution in [0.15, 0.2) is 0 Å². The molecule has 0 saturated carbocycles. The molecule has 404 valence electrons. The van der Waals surface area contributed by atoms with Crippen LogP contribution >= 0.6 is 0 Å². The maximum absolute atomic E-state index is 12.7. The highest BCUT2D eigenvalue weighted by Crippen LogP contribution is 2.21. The normalized spacial score (nSPS) is 12.3. The number of ketones is 5. The molecule has 0 radical (unpaired) electrons. The first-order valence-corrected chi connectivity index (χ1v) is 26.1. The van der Waals surface area contributed by atoms with Crippen LogP contribution in [0.4, 0.5) is 0 Å². The van der Waals surface area contributed by atoms with E-state index in [0.29, 0.717) is 45.3 Å². The maximum Gasteiger partial charge on any atom is 0.306 e. The zero-order valence-electron chi connectivity index (χ0n) is 43.1. The molecule has 0 rings (SSSR count). The van der Waals surface area contributed by atoms with E-state index in [-0.39, 0.29) is 145 Å². The van der Waals surface area contributed by atoms with E-state index < -0.39 is 29.3 Å². The van der Waals surface area contributed by atoms with Crippen LogP contribution in [0.2, 0.25) is 0 Å². The third kappa shape index (κ3) is 42.9. The van der Waals surface area contributed by atoms with Crippen molar-refractivity contribution in [3.63, 3.8) is 0 Å². The predicted octanol–water partition coefficient (Wildman–Crippen LogP) is 6.82. The second-order valence-corrected chi connectivity index (χ2v) is 19.0. The summed E-state index contributed by atoms with van der Waals surface area (Å²) in [5, 5.41) is 23.7. The Bertz CT molecular complexity index is 1500. The number of hydrogen-bond donors (Lipinski definition) is 5. The standard InChI is InChI=1S/C52H91N3O15/c1-41(56)25-28-46(59)42(38-47(60)52(2,3)53)21-18-19-29-54-48(61)39-70-36-34-68-32-30-55-49(62)40-69-35-33-67-31-20-23-44(57)27-26-43(51(65)66)37-45(58)22-16-14-12-10-8-6-4-5-7-9-11-13-15-17-24-50(63)64/h42-43H,4-40,53H2,1-3H3,(H,54,61)(H,55,62)(H,63,64)(H,65,66)/t42-,43-/m1/s1. The van der Waals surface area contributed by atoms with Crippen LogP contribution in [0, 0.1) is 11.8 Å². The quantitative estimate of drug-likeness (QED) is 0.0391. The summed E-state index contributed by atoms with van der Waals surface area (Å²) < 4.78 is 21.5. The molecule has 0 fully saturated rings. The van der Waals surface area contributed by atoms with Gasteiger partial charge in [0.25, 0.3) is 0 Å². The average molecular weight is 998 g/mol. The minimum atomic E-state index is -1.05. The molecule has 0 aromatic carbocycles. The van der Waals surface area contributed by atoms with Gasteiger partial charge in [0.05, 0.1) is 44.5 Å². The summed E-state index contributed by atoms with van der Waals surface area (Å²) in [5.41, 5.74) is 4.85. The Labute approximate surface area is 417 Å². The lowest BCUT2D eigenvalue weighted by molar-refractivity contribution is -0.144. The third-order valence-electron chi connectivity index (χ3n) is 11.8. The van der Waals surface area contributed by atoms with E-state index in [1.807, 2.05) is 0 Å². The minimum absolute atomic E-state index is 0.0267. The van der Waals surface area contributed by atoms with Crippen LogP contribution in [0.25, 0.3) is 0 Å². The lowest BCUT2D eigenvalue weighted by atomic mass is 9.85. The van der Waals surface area contributed by atoms with Crippen molar-refractivity contribution >= 4 is 52.7 Å². The molecule has 0 saturated heterocycles. The van der Waals surface area contributed by atoms with Crippen molar-refractivity contribution in [3.05, 3.63) is 0 Å². The molecule has 0 bridgehead atoms. The number of carboxylic acids is 2. The molecule has 6 N–H and O–H groups in total. The Morgan fingerprint density at radius 1 is 0.471 bits per heavy atom. The molecule has 0 aromatic rings. The number of nitrogens with two attached hydrogens (primary N) is 1. The Morgan fingerprint density at radius 3 is 1.47 bits per heavy atom. The fraction of sp³-hybridized carbons (Fsp3) is 0.827. The van der Waals surface area contributed by atoms with Gasteiger partial charge < -0.3 is 50.3 Å². The molecule has 0 unspecified atom stereocenters. The molecule has 2 atom stereocenters. The number of rotatable bonds is 52. The largest absolute Gasteiger partial charge is 0.481 e. The molecular formula is C52H91N3O15. The Hall–Kier alpha value is -3.97. The number of nitrogens with one attached hydrogen (secondary N) is 2. The summed E-state index contributed by atoms with van der Waals surface area (Å²) in [5.74, 6) is -4.34. The Kier molecular flexibility index (Phi) is 41.3. The van der Waals surface area contributed by atoms with Gasteiger partial charge in [-0.2, -0.15) is 0 Å². The van der Waals surface area contributed by atoms with E-state index in [9.17, 15) is 48.3 Å². The summed E-state index contributed by atoms with van der Waals surface area (Å²) in [7, 11) is 0. The highest BCUT2D eigenvalue weighted by molar-refractivity contribution is 5.93. The summed E-state index contributed by atoms with van der Waals surface area (Å²) in [6, 6.07) is 0. The van der Waals surface area contributed by atoms with Gasteiger partial charge in [0.1, 0.15) is 36.3 Å². The maximum atomic E-state index is 12.7. The van der Waals surface area contributed by atoms with Gasteiger partial charge in [-0.3, -0.25) is 38.4 Å². The second-order valence-electron chi connectivity index (χ2n) is 19.0. The summed E-state index contributed by atoms with van der Waals surface area (Å²) in [6.07, 6.45) is 18.7. The predicted molar refractivity (Wildman–Crippen MR) is 265 cm³/mol. The Morgan fingerprint density at radius 2 is 0.957 bits per heavy atom. The van der Waals surface area contributed by atoms with Crippen molar-refractivity contribution in [3.8, 4) is 0 Å². The van der Waals surface area contributed by atoms with Gasteiger partial charge in [0, 0.05) is 77.0 Å². The van der Waals surface area contributed by atoms with Crippen LogP contribution in [-0.4, -0.2) is 134 Å². The first kappa shape index (κ1) is 66.0. The summed E-state index contributed by atoms with van der Waals surface area (Å²) >= 11 is 0. The summed E-state index contributed by atoms with van der Waals surface area (Å²) in [4.78, 5) is 108. The van der Waals surface area contributed by atoms with E-state index in [1.54, 1.807) is 13.8 Å². The van der Waals surface area contributed by atoms with Crippen molar-refractivity contribution in [2.75, 3.05) is 65.9 Å². The van der Waals surface area contributed by atoms with Crippen LogP contribution in [-0.2, 0) is 62.1 Å². The van der Waals surface area contributed by atoms with Gasteiger partial charge in [0.2, 0.25) is 11.8 Å². The number of hydrogen-bond acceptors (Lipinski definition) is 14. The second kappa shape index (κ2) is 43.8.